The molecule has 0 heterocycles. The lowest BCUT2D eigenvalue weighted by Crippen LogP contribution is -2.17. The molecule has 0 spiro atoms. The number of rotatable bonds is 0. The lowest BCUT2D eigenvalue weighted by molar-refractivity contribution is 0.248. The second kappa shape index (κ2) is 2.11. The fraction of sp³-hybridized carbons (Fsp3) is 0.800. The number of allylic oxidation sites excluding steroid dienone is 1. The molecule has 10 heavy (non-hydrogen) atoms. The molecule has 0 N–H and O–H groups in total. The van der Waals surface area contributed by atoms with E-state index in [0.29, 0.717) is 5.41 Å². The number of hydrogen-bond donors (Lipinski definition) is 0. The van der Waals surface area contributed by atoms with Crippen LogP contribution in [-0.4, -0.2) is 0 Å². The molecule has 1 rings (SSSR count). The quantitative estimate of drug-likeness (QED) is 0.451. The summed E-state index contributed by atoms with van der Waals surface area (Å²) >= 11 is 0. The minimum Gasteiger partial charge on any atom is -0.0996 e. The van der Waals surface area contributed by atoms with Crippen molar-refractivity contribution < 1.29 is 0 Å². The summed E-state index contributed by atoms with van der Waals surface area (Å²) in [5.74, 6) is 1.54. The normalized spacial score (nSPS) is 38.6. The molecule has 0 aromatic rings. The molecule has 2 unspecified atom stereocenters. The van der Waals surface area contributed by atoms with Gasteiger partial charge < -0.3 is 0 Å². The molecule has 0 radical (unpaired) electrons. The highest BCUT2D eigenvalue weighted by Gasteiger charge is 2.38. The Labute approximate surface area is 64.3 Å². The summed E-state index contributed by atoms with van der Waals surface area (Å²) in [5, 5.41) is 0. The molecule has 1 saturated carbocycles. The molecule has 1 aliphatic rings. The molecule has 0 aromatic heterocycles. The lowest BCUT2D eigenvalue weighted by atomic mass is 9.81. The first-order chi connectivity index (χ1) is 4.45. The molecular weight excluding hydrogens is 120 g/mol. The van der Waals surface area contributed by atoms with Crippen LogP contribution in [0.1, 0.15) is 34.1 Å². The van der Waals surface area contributed by atoms with Crippen LogP contribution in [0.3, 0.4) is 0 Å². The summed E-state index contributed by atoms with van der Waals surface area (Å²) in [6.45, 7) is 13.4. The van der Waals surface area contributed by atoms with Gasteiger partial charge in [-0.15, -0.1) is 0 Å². The molecular formula is C10H18. The largest absolute Gasteiger partial charge is 0.0996 e. The van der Waals surface area contributed by atoms with Gasteiger partial charge in [-0.2, -0.15) is 0 Å². The molecule has 0 saturated heterocycles. The summed E-state index contributed by atoms with van der Waals surface area (Å²) in [4.78, 5) is 0. The highest BCUT2D eigenvalue weighted by atomic mass is 14.4. The zero-order valence-corrected chi connectivity index (χ0v) is 7.57. The van der Waals surface area contributed by atoms with Crippen LogP contribution in [-0.2, 0) is 0 Å². The van der Waals surface area contributed by atoms with E-state index >= 15 is 0 Å². The maximum atomic E-state index is 4.08. The SMILES string of the molecule is C=C1CC(C)(C)C(C)C1C. The van der Waals surface area contributed by atoms with Gasteiger partial charge in [0.25, 0.3) is 0 Å². The van der Waals surface area contributed by atoms with Gasteiger partial charge in [0.15, 0.2) is 0 Å². The topological polar surface area (TPSA) is 0 Å². The fourth-order valence-corrected chi connectivity index (χ4v) is 1.94. The molecule has 2 atom stereocenters. The van der Waals surface area contributed by atoms with E-state index in [1.165, 1.54) is 12.0 Å². The third kappa shape index (κ3) is 1.00. The first-order valence-electron chi connectivity index (χ1n) is 4.13. The van der Waals surface area contributed by atoms with E-state index in [9.17, 15) is 0 Å². The molecule has 0 heteroatoms. The fourth-order valence-electron chi connectivity index (χ4n) is 1.94. The third-order valence-corrected chi connectivity index (χ3v) is 3.31. The van der Waals surface area contributed by atoms with Crippen LogP contribution in [0.5, 0.6) is 0 Å². The zero-order chi connectivity index (χ0) is 7.94. The van der Waals surface area contributed by atoms with Crippen molar-refractivity contribution in [1.82, 2.24) is 0 Å². The van der Waals surface area contributed by atoms with Crippen molar-refractivity contribution in [3.8, 4) is 0 Å². The Balaban J connectivity index is 2.81. The van der Waals surface area contributed by atoms with Crippen LogP contribution >= 0.6 is 0 Å². The monoisotopic (exact) mass is 138 g/mol. The first kappa shape index (κ1) is 7.84. The summed E-state index contributed by atoms with van der Waals surface area (Å²) in [7, 11) is 0. The molecule has 1 fully saturated rings. The standard InChI is InChI=1S/C10H18/c1-7-6-10(4,5)9(3)8(7)2/h8-9H,1,6H2,2-5H3. The lowest BCUT2D eigenvalue weighted by Gasteiger charge is -2.24. The molecule has 58 valence electrons. The molecule has 0 nitrogen and oxygen atoms in total. The Hall–Kier alpha value is -0.260. The summed E-state index contributed by atoms with van der Waals surface area (Å²) in [6, 6.07) is 0. The van der Waals surface area contributed by atoms with Gasteiger partial charge in [-0.3, -0.25) is 0 Å². The highest BCUT2D eigenvalue weighted by Crippen LogP contribution is 2.48. The van der Waals surface area contributed by atoms with Crippen LogP contribution in [0, 0.1) is 17.3 Å². The zero-order valence-electron chi connectivity index (χ0n) is 7.57. The Morgan fingerprint density at radius 2 is 1.90 bits per heavy atom. The number of hydrogen-bond acceptors (Lipinski definition) is 0. The van der Waals surface area contributed by atoms with Gasteiger partial charge in [-0.05, 0) is 23.7 Å². The van der Waals surface area contributed by atoms with Crippen LogP contribution in [0.25, 0.3) is 0 Å². The van der Waals surface area contributed by atoms with E-state index in [1.54, 1.807) is 0 Å². The van der Waals surface area contributed by atoms with Crippen LogP contribution in [0.15, 0.2) is 12.2 Å². The average Bonchev–Trinajstić information content (AvgIpc) is 1.95. The van der Waals surface area contributed by atoms with Crippen LogP contribution < -0.4 is 0 Å². The Morgan fingerprint density at radius 3 is 2.00 bits per heavy atom. The van der Waals surface area contributed by atoms with Gasteiger partial charge in [0.05, 0.1) is 0 Å². The van der Waals surface area contributed by atoms with Gasteiger partial charge in [-0.25, -0.2) is 0 Å². The molecule has 0 aliphatic heterocycles. The van der Waals surface area contributed by atoms with Crippen molar-refractivity contribution in [2.75, 3.05) is 0 Å². The van der Waals surface area contributed by atoms with Crippen molar-refractivity contribution in [3.63, 3.8) is 0 Å². The predicted molar refractivity (Wildman–Crippen MR) is 45.9 cm³/mol. The summed E-state index contributed by atoms with van der Waals surface area (Å²) < 4.78 is 0. The smallest absolute Gasteiger partial charge is 0.0203 e. The minimum absolute atomic E-state index is 0.497. The van der Waals surface area contributed by atoms with E-state index in [-0.39, 0.29) is 0 Å². The third-order valence-electron chi connectivity index (χ3n) is 3.31. The Bertz CT molecular complexity index is 153. The summed E-state index contributed by atoms with van der Waals surface area (Å²) in [5.41, 5.74) is 1.94. The van der Waals surface area contributed by atoms with Gasteiger partial charge in [0.1, 0.15) is 0 Å². The van der Waals surface area contributed by atoms with Gasteiger partial charge in [0.2, 0.25) is 0 Å². The van der Waals surface area contributed by atoms with Crippen molar-refractivity contribution in [2.45, 2.75) is 34.1 Å². The molecule has 0 aromatic carbocycles. The van der Waals surface area contributed by atoms with E-state index < -0.39 is 0 Å². The van der Waals surface area contributed by atoms with Crippen LogP contribution in [0.2, 0.25) is 0 Å². The first-order valence-corrected chi connectivity index (χ1v) is 4.13. The van der Waals surface area contributed by atoms with Crippen molar-refractivity contribution in [3.05, 3.63) is 12.2 Å². The van der Waals surface area contributed by atoms with Crippen LogP contribution in [0.4, 0.5) is 0 Å². The Kier molecular flexibility index (Phi) is 1.66. The van der Waals surface area contributed by atoms with E-state index in [2.05, 4.69) is 34.3 Å². The molecule has 0 bridgehead atoms. The highest BCUT2D eigenvalue weighted by molar-refractivity contribution is 5.12. The van der Waals surface area contributed by atoms with Gasteiger partial charge in [-0.1, -0.05) is 39.8 Å². The molecule has 0 amide bonds. The predicted octanol–water partition coefficient (Wildman–Crippen LogP) is 3.24. The van der Waals surface area contributed by atoms with Gasteiger partial charge >= 0.3 is 0 Å². The van der Waals surface area contributed by atoms with E-state index in [1.807, 2.05) is 0 Å². The summed E-state index contributed by atoms with van der Waals surface area (Å²) in [6.07, 6.45) is 1.22. The maximum Gasteiger partial charge on any atom is -0.0203 e. The van der Waals surface area contributed by atoms with Crippen molar-refractivity contribution >= 4 is 0 Å². The second-order valence-corrected chi connectivity index (χ2v) is 4.40. The maximum absolute atomic E-state index is 4.08. The molecule has 1 aliphatic carbocycles. The minimum atomic E-state index is 0.497. The van der Waals surface area contributed by atoms with E-state index in [0.717, 1.165) is 11.8 Å². The van der Waals surface area contributed by atoms with E-state index in [4.69, 9.17) is 0 Å². The van der Waals surface area contributed by atoms with Crippen molar-refractivity contribution in [2.24, 2.45) is 17.3 Å². The average molecular weight is 138 g/mol. The Morgan fingerprint density at radius 1 is 1.40 bits per heavy atom. The van der Waals surface area contributed by atoms with Gasteiger partial charge in [0, 0.05) is 0 Å². The second-order valence-electron chi connectivity index (χ2n) is 4.40. The van der Waals surface area contributed by atoms with Crippen molar-refractivity contribution in [1.29, 1.82) is 0 Å².